The lowest BCUT2D eigenvalue weighted by molar-refractivity contribution is -0.127. The number of benzene rings is 2. The van der Waals surface area contributed by atoms with Gasteiger partial charge in [0.05, 0.1) is 0 Å². The van der Waals surface area contributed by atoms with Gasteiger partial charge in [0.2, 0.25) is 11.1 Å². The molecule has 2 aromatic carbocycles. The van der Waals surface area contributed by atoms with Crippen molar-refractivity contribution in [3.63, 3.8) is 0 Å². The van der Waals surface area contributed by atoms with Gasteiger partial charge in [-0.25, -0.2) is 0 Å². The summed E-state index contributed by atoms with van der Waals surface area (Å²) in [4.78, 5) is 23.2. The Kier molecular flexibility index (Phi) is 8.87. The summed E-state index contributed by atoms with van der Waals surface area (Å²) in [6.07, 6.45) is 2.41. The van der Waals surface area contributed by atoms with E-state index in [4.69, 9.17) is 11.6 Å². The van der Waals surface area contributed by atoms with Crippen LogP contribution >= 0.6 is 11.6 Å². The van der Waals surface area contributed by atoms with Crippen LogP contribution in [0.25, 0.3) is 0 Å². The Labute approximate surface area is 147 Å². The SMILES string of the molecule is C=CC(=O)Cl.C=CC(=O)N(Cc1ccccc1)Cc1ccccc1. The maximum absolute atomic E-state index is 11.9. The Morgan fingerprint density at radius 1 is 0.833 bits per heavy atom. The molecule has 0 saturated carbocycles. The van der Waals surface area contributed by atoms with Crippen LogP contribution in [-0.4, -0.2) is 16.0 Å². The lowest BCUT2D eigenvalue weighted by atomic mass is 10.1. The summed E-state index contributed by atoms with van der Waals surface area (Å²) >= 11 is 4.71. The molecule has 0 unspecified atom stereocenters. The molecular formula is C20H20ClNO2. The van der Waals surface area contributed by atoms with Crippen LogP contribution in [0.3, 0.4) is 0 Å². The zero-order valence-corrected chi connectivity index (χ0v) is 14.2. The minimum absolute atomic E-state index is 0.0484. The third-order valence-electron chi connectivity index (χ3n) is 3.08. The number of carbonyl (C=O) groups excluding carboxylic acids is 2. The summed E-state index contributed by atoms with van der Waals surface area (Å²) in [5, 5.41) is -0.509. The molecule has 0 bridgehead atoms. The highest BCUT2D eigenvalue weighted by Crippen LogP contribution is 2.10. The molecule has 0 aliphatic heterocycles. The second-order valence-electron chi connectivity index (χ2n) is 4.88. The van der Waals surface area contributed by atoms with Gasteiger partial charge < -0.3 is 4.90 Å². The number of halogens is 1. The van der Waals surface area contributed by atoms with E-state index >= 15 is 0 Å². The van der Waals surface area contributed by atoms with Crippen molar-refractivity contribution in [3.8, 4) is 0 Å². The fraction of sp³-hybridized carbons (Fsp3) is 0.100. The molecule has 3 nitrogen and oxygen atoms in total. The van der Waals surface area contributed by atoms with Gasteiger partial charge in [-0.15, -0.1) is 0 Å². The molecule has 0 saturated heterocycles. The summed E-state index contributed by atoms with van der Waals surface area (Å²) in [7, 11) is 0. The van der Waals surface area contributed by atoms with Crippen molar-refractivity contribution in [1.82, 2.24) is 4.90 Å². The van der Waals surface area contributed by atoms with E-state index in [9.17, 15) is 9.59 Å². The molecule has 0 radical (unpaired) electrons. The van der Waals surface area contributed by atoms with Crippen LogP contribution in [0, 0.1) is 0 Å². The van der Waals surface area contributed by atoms with E-state index in [1.54, 1.807) is 4.90 Å². The summed E-state index contributed by atoms with van der Waals surface area (Å²) in [6.45, 7) is 7.85. The highest BCUT2D eigenvalue weighted by Gasteiger charge is 2.11. The van der Waals surface area contributed by atoms with Gasteiger partial charge in [-0.1, -0.05) is 73.8 Å². The van der Waals surface area contributed by atoms with Crippen LogP contribution in [0.15, 0.2) is 86.0 Å². The van der Waals surface area contributed by atoms with Crippen molar-refractivity contribution in [3.05, 3.63) is 97.1 Å². The molecule has 0 N–H and O–H groups in total. The van der Waals surface area contributed by atoms with Gasteiger partial charge >= 0.3 is 0 Å². The molecular weight excluding hydrogens is 322 g/mol. The molecule has 0 atom stereocenters. The van der Waals surface area contributed by atoms with E-state index < -0.39 is 5.24 Å². The van der Waals surface area contributed by atoms with Crippen molar-refractivity contribution < 1.29 is 9.59 Å². The summed E-state index contributed by atoms with van der Waals surface area (Å²) in [5.74, 6) is -0.0484. The average molecular weight is 342 g/mol. The second kappa shape index (κ2) is 11.0. The van der Waals surface area contributed by atoms with Crippen molar-refractivity contribution in [1.29, 1.82) is 0 Å². The third-order valence-corrected chi connectivity index (χ3v) is 3.23. The fourth-order valence-electron chi connectivity index (χ4n) is 1.95. The molecule has 4 heteroatoms. The Balaban J connectivity index is 0.000000505. The number of rotatable bonds is 6. The Bertz CT molecular complexity index is 627. The minimum Gasteiger partial charge on any atom is -0.331 e. The highest BCUT2D eigenvalue weighted by atomic mass is 35.5. The number of hydrogen-bond acceptors (Lipinski definition) is 2. The monoisotopic (exact) mass is 341 g/mol. The zero-order valence-electron chi connectivity index (χ0n) is 13.4. The normalized spacial score (nSPS) is 9.21. The maximum Gasteiger partial charge on any atom is 0.246 e. The largest absolute Gasteiger partial charge is 0.331 e. The summed E-state index contributed by atoms with van der Waals surface area (Å²) in [5.41, 5.74) is 2.24. The van der Waals surface area contributed by atoms with Crippen molar-refractivity contribution in [2.45, 2.75) is 13.1 Å². The Hall–Kier alpha value is -2.65. The Morgan fingerprint density at radius 2 is 1.21 bits per heavy atom. The van der Waals surface area contributed by atoms with Gasteiger partial charge in [0.1, 0.15) is 0 Å². The molecule has 1 amide bonds. The van der Waals surface area contributed by atoms with Crippen molar-refractivity contribution >= 4 is 22.8 Å². The van der Waals surface area contributed by atoms with Crippen molar-refractivity contribution in [2.24, 2.45) is 0 Å². The lowest BCUT2D eigenvalue weighted by Gasteiger charge is -2.21. The van der Waals surface area contributed by atoms with Gasteiger partial charge in [0.25, 0.3) is 0 Å². The van der Waals surface area contributed by atoms with Crippen molar-refractivity contribution in [2.75, 3.05) is 0 Å². The van der Waals surface area contributed by atoms with Gasteiger partial charge in [0, 0.05) is 13.1 Å². The average Bonchev–Trinajstić information content (AvgIpc) is 2.62. The van der Waals surface area contributed by atoms with E-state index in [-0.39, 0.29) is 5.91 Å². The van der Waals surface area contributed by atoms with E-state index in [0.717, 1.165) is 17.2 Å². The molecule has 0 aliphatic carbocycles. The fourth-order valence-corrected chi connectivity index (χ4v) is 1.95. The molecule has 0 heterocycles. The summed E-state index contributed by atoms with van der Waals surface area (Å²) in [6, 6.07) is 20.0. The van der Waals surface area contributed by atoms with Crippen LogP contribution in [0.4, 0.5) is 0 Å². The van der Waals surface area contributed by atoms with Gasteiger partial charge in [-0.2, -0.15) is 0 Å². The number of allylic oxidation sites excluding steroid dienone is 1. The maximum atomic E-state index is 11.9. The first-order valence-corrected chi connectivity index (χ1v) is 7.75. The first kappa shape index (κ1) is 19.4. The van der Waals surface area contributed by atoms with Gasteiger partial charge in [-0.05, 0) is 34.9 Å². The molecule has 24 heavy (non-hydrogen) atoms. The second-order valence-corrected chi connectivity index (χ2v) is 5.25. The van der Waals surface area contributed by atoms with Crippen LogP contribution in [0.2, 0.25) is 0 Å². The topological polar surface area (TPSA) is 37.4 Å². The smallest absolute Gasteiger partial charge is 0.246 e. The molecule has 124 valence electrons. The standard InChI is InChI=1S/C17H17NO.C3H3ClO/c1-2-17(19)18(13-15-9-5-3-6-10-15)14-16-11-7-4-8-12-16;1-2-3(4)5/h2-12H,1,13-14H2;2H,1H2. The first-order chi connectivity index (χ1) is 11.6. The van der Waals surface area contributed by atoms with E-state index in [1.165, 1.54) is 6.08 Å². The molecule has 2 aromatic rings. The number of carbonyl (C=O) groups is 2. The van der Waals surface area contributed by atoms with Crippen LogP contribution < -0.4 is 0 Å². The molecule has 0 spiro atoms. The number of nitrogens with zero attached hydrogens (tertiary/aromatic N) is 1. The number of amides is 1. The van der Waals surface area contributed by atoms with E-state index in [2.05, 4.69) is 13.2 Å². The van der Waals surface area contributed by atoms with Crippen LogP contribution in [0.1, 0.15) is 11.1 Å². The Morgan fingerprint density at radius 3 is 1.50 bits per heavy atom. The van der Waals surface area contributed by atoms with Gasteiger partial charge in [-0.3, -0.25) is 9.59 Å². The first-order valence-electron chi connectivity index (χ1n) is 7.38. The highest BCUT2D eigenvalue weighted by molar-refractivity contribution is 6.66. The number of hydrogen-bond donors (Lipinski definition) is 0. The predicted octanol–water partition coefficient (Wildman–Crippen LogP) is 4.34. The van der Waals surface area contributed by atoms with Crippen LogP contribution in [0.5, 0.6) is 0 Å². The molecule has 0 aromatic heterocycles. The molecule has 0 aliphatic rings. The lowest BCUT2D eigenvalue weighted by Crippen LogP contribution is -2.28. The minimum atomic E-state index is -0.509. The van der Waals surface area contributed by atoms with Crippen LogP contribution in [-0.2, 0) is 22.7 Å². The summed E-state index contributed by atoms with van der Waals surface area (Å²) < 4.78 is 0. The third kappa shape index (κ3) is 7.56. The molecule has 2 rings (SSSR count). The zero-order chi connectivity index (χ0) is 17.8. The van der Waals surface area contributed by atoms with E-state index in [1.807, 2.05) is 60.7 Å². The van der Waals surface area contributed by atoms with E-state index in [0.29, 0.717) is 13.1 Å². The van der Waals surface area contributed by atoms with Gasteiger partial charge in [0.15, 0.2) is 0 Å². The quantitative estimate of drug-likeness (QED) is 0.579. The predicted molar refractivity (Wildman–Crippen MR) is 98.4 cm³/mol. The molecule has 0 fully saturated rings.